The predicted octanol–water partition coefficient (Wildman–Crippen LogP) is 2.14. The quantitative estimate of drug-likeness (QED) is 0.905. The van der Waals surface area contributed by atoms with Crippen molar-refractivity contribution in [3.8, 4) is 0 Å². The molecule has 0 unspecified atom stereocenters. The summed E-state index contributed by atoms with van der Waals surface area (Å²) in [5.74, 6) is 0.239. The highest BCUT2D eigenvalue weighted by Gasteiger charge is 2.23. The Bertz CT molecular complexity index is 611. The van der Waals surface area contributed by atoms with Crippen molar-refractivity contribution < 1.29 is 13.2 Å². The van der Waals surface area contributed by atoms with Crippen LogP contribution in [0.15, 0.2) is 18.2 Å². The molecule has 110 valence electrons. The van der Waals surface area contributed by atoms with Gasteiger partial charge in [-0.3, -0.25) is 9.52 Å². The van der Waals surface area contributed by atoms with Crippen molar-refractivity contribution in [3.05, 3.63) is 23.8 Å². The second kappa shape index (κ2) is 5.83. The van der Waals surface area contributed by atoms with Gasteiger partial charge in [-0.15, -0.1) is 0 Å². The van der Waals surface area contributed by atoms with Gasteiger partial charge in [-0.2, -0.15) is 0 Å². The van der Waals surface area contributed by atoms with E-state index in [-0.39, 0.29) is 11.7 Å². The summed E-state index contributed by atoms with van der Waals surface area (Å²) in [5.41, 5.74) is 2.48. The molecule has 1 amide bonds. The first-order valence-corrected chi connectivity index (χ1v) is 8.56. The van der Waals surface area contributed by atoms with Crippen LogP contribution in [0.2, 0.25) is 0 Å². The van der Waals surface area contributed by atoms with E-state index < -0.39 is 10.0 Å². The second-order valence-corrected chi connectivity index (χ2v) is 6.74. The second-order valence-electron chi connectivity index (χ2n) is 4.90. The zero-order valence-electron chi connectivity index (χ0n) is 11.8. The van der Waals surface area contributed by atoms with E-state index in [0.717, 1.165) is 11.3 Å². The molecule has 0 radical (unpaired) electrons. The SMILES string of the molecule is CCCS(=O)(=O)Nc1ccc2c(c1)CCC(=O)N2CC. The first-order valence-electron chi connectivity index (χ1n) is 6.90. The Labute approximate surface area is 120 Å². The number of rotatable bonds is 5. The van der Waals surface area contributed by atoms with Crippen molar-refractivity contribution in [2.75, 3.05) is 21.9 Å². The lowest BCUT2D eigenvalue weighted by Crippen LogP contribution is -2.34. The van der Waals surface area contributed by atoms with Gasteiger partial charge in [-0.05, 0) is 43.5 Å². The van der Waals surface area contributed by atoms with Crippen LogP contribution in [-0.4, -0.2) is 26.6 Å². The van der Waals surface area contributed by atoms with Gasteiger partial charge in [0.05, 0.1) is 5.75 Å². The number of nitrogens with zero attached hydrogens (tertiary/aromatic N) is 1. The molecule has 0 bridgehead atoms. The molecule has 0 fully saturated rings. The molecule has 20 heavy (non-hydrogen) atoms. The summed E-state index contributed by atoms with van der Waals surface area (Å²) in [6, 6.07) is 5.37. The van der Waals surface area contributed by atoms with Gasteiger partial charge in [0, 0.05) is 24.3 Å². The van der Waals surface area contributed by atoms with Gasteiger partial charge in [0.15, 0.2) is 0 Å². The Hall–Kier alpha value is -1.56. The summed E-state index contributed by atoms with van der Waals surface area (Å²) >= 11 is 0. The minimum absolute atomic E-state index is 0.115. The highest BCUT2D eigenvalue weighted by atomic mass is 32.2. The molecule has 1 aliphatic heterocycles. The Morgan fingerprint density at radius 1 is 1.25 bits per heavy atom. The Balaban J connectivity index is 2.27. The number of hydrogen-bond acceptors (Lipinski definition) is 3. The molecule has 0 aromatic heterocycles. The lowest BCUT2D eigenvalue weighted by atomic mass is 10.0. The summed E-state index contributed by atoms with van der Waals surface area (Å²) in [7, 11) is -3.27. The molecule has 1 aromatic rings. The van der Waals surface area contributed by atoms with Gasteiger partial charge in [0.1, 0.15) is 0 Å². The van der Waals surface area contributed by atoms with Crippen molar-refractivity contribution >= 4 is 27.3 Å². The van der Waals surface area contributed by atoms with E-state index >= 15 is 0 Å². The van der Waals surface area contributed by atoms with E-state index in [2.05, 4.69) is 4.72 Å². The largest absolute Gasteiger partial charge is 0.312 e. The standard InChI is InChI=1S/C14H20N2O3S/c1-3-9-20(18,19)15-12-6-7-13-11(10-12)5-8-14(17)16(13)4-2/h6-7,10,15H,3-5,8-9H2,1-2H3. The first kappa shape index (κ1) is 14.8. The normalized spacial score (nSPS) is 15.1. The van der Waals surface area contributed by atoms with Crippen LogP contribution < -0.4 is 9.62 Å². The fourth-order valence-electron chi connectivity index (χ4n) is 2.47. The third-order valence-corrected chi connectivity index (χ3v) is 4.83. The number of hydrogen-bond donors (Lipinski definition) is 1. The van der Waals surface area contributed by atoms with Gasteiger partial charge < -0.3 is 4.90 Å². The fraction of sp³-hybridized carbons (Fsp3) is 0.500. The number of carbonyl (C=O) groups excluding carboxylic acids is 1. The molecule has 0 saturated carbocycles. The smallest absolute Gasteiger partial charge is 0.232 e. The third kappa shape index (κ3) is 3.12. The molecule has 0 aliphatic carbocycles. The predicted molar refractivity (Wildman–Crippen MR) is 80.5 cm³/mol. The lowest BCUT2D eigenvalue weighted by Gasteiger charge is -2.28. The lowest BCUT2D eigenvalue weighted by molar-refractivity contribution is -0.118. The number of sulfonamides is 1. The number of aryl methyl sites for hydroxylation is 1. The van der Waals surface area contributed by atoms with Crippen molar-refractivity contribution in [1.29, 1.82) is 0 Å². The molecular weight excluding hydrogens is 276 g/mol. The van der Waals surface area contributed by atoms with E-state index in [0.29, 0.717) is 31.5 Å². The topological polar surface area (TPSA) is 66.5 Å². The molecule has 2 rings (SSSR count). The van der Waals surface area contributed by atoms with Crippen LogP contribution in [0.4, 0.5) is 11.4 Å². The molecule has 1 aromatic carbocycles. The molecule has 0 atom stereocenters. The number of fused-ring (bicyclic) bond motifs is 1. The van der Waals surface area contributed by atoms with E-state index in [4.69, 9.17) is 0 Å². The van der Waals surface area contributed by atoms with Gasteiger partial charge in [-0.1, -0.05) is 6.92 Å². The summed E-state index contributed by atoms with van der Waals surface area (Å²) < 4.78 is 26.1. The summed E-state index contributed by atoms with van der Waals surface area (Å²) in [5, 5.41) is 0. The van der Waals surface area contributed by atoms with Crippen LogP contribution in [0.1, 0.15) is 32.3 Å². The number of nitrogens with one attached hydrogen (secondary N) is 1. The minimum Gasteiger partial charge on any atom is -0.312 e. The van der Waals surface area contributed by atoms with E-state index in [1.165, 1.54) is 0 Å². The zero-order chi connectivity index (χ0) is 14.8. The maximum atomic E-state index is 11.8. The molecule has 1 aliphatic rings. The van der Waals surface area contributed by atoms with Crippen molar-refractivity contribution in [2.24, 2.45) is 0 Å². The van der Waals surface area contributed by atoms with Crippen LogP contribution in [0.5, 0.6) is 0 Å². The highest BCUT2D eigenvalue weighted by Crippen LogP contribution is 2.30. The highest BCUT2D eigenvalue weighted by molar-refractivity contribution is 7.92. The zero-order valence-corrected chi connectivity index (χ0v) is 12.7. The average molecular weight is 296 g/mol. The number of benzene rings is 1. The Morgan fingerprint density at radius 3 is 2.65 bits per heavy atom. The maximum Gasteiger partial charge on any atom is 0.232 e. The average Bonchev–Trinajstić information content (AvgIpc) is 2.38. The molecule has 1 heterocycles. The fourth-order valence-corrected chi connectivity index (χ4v) is 3.60. The number of amides is 1. The van der Waals surface area contributed by atoms with E-state index in [1.54, 1.807) is 11.0 Å². The van der Waals surface area contributed by atoms with Crippen molar-refractivity contribution in [1.82, 2.24) is 0 Å². The minimum atomic E-state index is -3.27. The van der Waals surface area contributed by atoms with Crippen molar-refractivity contribution in [3.63, 3.8) is 0 Å². The molecule has 6 heteroatoms. The maximum absolute atomic E-state index is 11.8. The monoisotopic (exact) mass is 296 g/mol. The van der Waals surface area contributed by atoms with Crippen LogP contribution in [0.3, 0.4) is 0 Å². The van der Waals surface area contributed by atoms with Crippen LogP contribution in [0.25, 0.3) is 0 Å². The first-order chi connectivity index (χ1) is 9.46. The van der Waals surface area contributed by atoms with Gasteiger partial charge in [0.2, 0.25) is 15.9 Å². The summed E-state index contributed by atoms with van der Waals surface area (Å²) in [6.07, 6.45) is 1.72. The summed E-state index contributed by atoms with van der Waals surface area (Å²) in [4.78, 5) is 13.5. The van der Waals surface area contributed by atoms with Crippen molar-refractivity contribution in [2.45, 2.75) is 33.1 Å². The number of anilines is 2. The molecular formula is C14H20N2O3S. The van der Waals surface area contributed by atoms with E-state index in [1.807, 2.05) is 26.0 Å². The van der Waals surface area contributed by atoms with Gasteiger partial charge in [-0.25, -0.2) is 8.42 Å². The molecule has 0 saturated heterocycles. The molecule has 5 nitrogen and oxygen atoms in total. The van der Waals surface area contributed by atoms with Crippen LogP contribution in [-0.2, 0) is 21.2 Å². The molecule has 0 spiro atoms. The third-order valence-electron chi connectivity index (χ3n) is 3.34. The summed E-state index contributed by atoms with van der Waals surface area (Å²) in [6.45, 7) is 4.40. The van der Waals surface area contributed by atoms with E-state index in [9.17, 15) is 13.2 Å². The van der Waals surface area contributed by atoms with Crippen LogP contribution in [0, 0.1) is 0 Å². The molecule has 1 N–H and O–H groups in total. The van der Waals surface area contributed by atoms with Gasteiger partial charge >= 0.3 is 0 Å². The van der Waals surface area contributed by atoms with Gasteiger partial charge in [0.25, 0.3) is 0 Å². The Morgan fingerprint density at radius 2 is 2.00 bits per heavy atom. The van der Waals surface area contributed by atoms with Crippen LogP contribution >= 0.6 is 0 Å². The Kier molecular flexibility index (Phi) is 4.32. The number of carbonyl (C=O) groups is 1.